The van der Waals surface area contributed by atoms with E-state index in [0.717, 1.165) is 0 Å². The first-order chi connectivity index (χ1) is 10.6. The van der Waals surface area contributed by atoms with Crippen molar-refractivity contribution in [2.45, 2.75) is 33.1 Å². The van der Waals surface area contributed by atoms with E-state index in [1.165, 1.54) is 20.8 Å². The first kappa shape index (κ1) is 20.0. The predicted molar refractivity (Wildman–Crippen MR) is 71.2 cm³/mol. The van der Waals surface area contributed by atoms with E-state index in [1.807, 2.05) is 0 Å². The number of hydrogen-bond acceptors (Lipinski definition) is 3. The van der Waals surface area contributed by atoms with Crippen LogP contribution in [0, 0.1) is 5.41 Å². The second kappa shape index (κ2) is 6.45. The van der Waals surface area contributed by atoms with E-state index in [9.17, 15) is 35.9 Å². The maximum absolute atomic E-state index is 12.7. The summed E-state index contributed by atoms with van der Waals surface area (Å²) in [5, 5.41) is 0. The molecule has 24 heavy (non-hydrogen) atoms. The maximum Gasteiger partial charge on any atom is 0.416 e. The number of alkyl halides is 6. The summed E-state index contributed by atoms with van der Waals surface area (Å²) < 4.78 is 80.9. The van der Waals surface area contributed by atoms with Crippen molar-refractivity contribution in [3.05, 3.63) is 34.9 Å². The lowest BCUT2D eigenvalue weighted by Crippen LogP contribution is -2.26. The third kappa shape index (κ3) is 5.24. The Morgan fingerprint density at radius 3 is 1.62 bits per heavy atom. The number of ether oxygens (including phenoxy) is 1. The fourth-order valence-corrected chi connectivity index (χ4v) is 1.55. The van der Waals surface area contributed by atoms with Crippen LogP contribution in [0.1, 0.15) is 42.3 Å². The highest BCUT2D eigenvalue weighted by Crippen LogP contribution is 2.36. The zero-order chi connectivity index (χ0) is 18.9. The van der Waals surface area contributed by atoms with Gasteiger partial charge in [0.05, 0.1) is 16.5 Å². The van der Waals surface area contributed by atoms with Crippen LogP contribution in [0.25, 0.3) is 0 Å². The third-order valence-electron chi connectivity index (χ3n) is 2.86. The van der Waals surface area contributed by atoms with Crippen molar-refractivity contribution in [3.8, 4) is 0 Å². The topological polar surface area (TPSA) is 43.4 Å². The summed E-state index contributed by atoms with van der Waals surface area (Å²) in [6.07, 6.45) is -10.1. The van der Waals surface area contributed by atoms with Gasteiger partial charge in [-0.1, -0.05) is 0 Å². The van der Waals surface area contributed by atoms with Gasteiger partial charge in [0, 0.05) is 5.56 Å². The van der Waals surface area contributed by atoms with Gasteiger partial charge < -0.3 is 4.74 Å². The van der Waals surface area contributed by atoms with E-state index in [1.54, 1.807) is 0 Å². The minimum Gasteiger partial charge on any atom is -0.457 e. The Labute approximate surface area is 133 Å². The molecule has 0 atom stereocenters. The highest BCUT2D eigenvalue weighted by Gasteiger charge is 2.37. The molecular weight excluding hydrogens is 342 g/mol. The molecule has 0 radical (unpaired) electrons. The minimum atomic E-state index is -5.06. The lowest BCUT2D eigenvalue weighted by Gasteiger charge is -2.17. The first-order valence-corrected chi connectivity index (χ1v) is 6.62. The van der Waals surface area contributed by atoms with Gasteiger partial charge in [0.15, 0.2) is 12.4 Å². The monoisotopic (exact) mass is 356 g/mol. The molecule has 0 unspecified atom stereocenters. The molecule has 0 aliphatic heterocycles. The molecule has 0 bridgehead atoms. The van der Waals surface area contributed by atoms with Gasteiger partial charge in [-0.25, -0.2) is 0 Å². The largest absolute Gasteiger partial charge is 0.457 e. The quantitative estimate of drug-likeness (QED) is 0.455. The zero-order valence-electron chi connectivity index (χ0n) is 12.9. The Hall–Kier alpha value is -2.06. The Bertz CT molecular complexity index is 606. The second-order valence-electron chi connectivity index (χ2n) is 6.04. The zero-order valence-corrected chi connectivity index (χ0v) is 12.9. The molecule has 0 aliphatic rings. The highest BCUT2D eigenvalue weighted by atomic mass is 19.4. The van der Waals surface area contributed by atoms with Crippen LogP contribution in [0.3, 0.4) is 0 Å². The molecule has 0 aliphatic carbocycles. The van der Waals surface area contributed by atoms with Gasteiger partial charge in [0.2, 0.25) is 0 Å². The smallest absolute Gasteiger partial charge is 0.416 e. The normalized spacial score (nSPS) is 12.9. The molecule has 0 saturated heterocycles. The molecule has 3 nitrogen and oxygen atoms in total. The molecule has 0 N–H and O–H groups in total. The number of Topliss-reactive ketones (excluding diaryl/α,β-unsaturated/α-hetero) is 1. The van der Waals surface area contributed by atoms with E-state index >= 15 is 0 Å². The van der Waals surface area contributed by atoms with Crippen molar-refractivity contribution in [1.29, 1.82) is 0 Å². The van der Waals surface area contributed by atoms with Crippen LogP contribution in [-0.4, -0.2) is 18.4 Å². The predicted octanol–water partition coefficient (Wildman–Crippen LogP) is 4.50. The van der Waals surface area contributed by atoms with Gasteiger partial charge in [0.25, 0.3) is 0 Å². The molecule has 0 heterocycles. The standard InChI is InChI=1S/C15H14F6O3/c1-13(2,3)12(23)24-7-11(22)8-4-9(14(16,17)18)6-10(5-8)15(19,20)21/h4-6H,7H2,1-3H3. The molecule has 0 amide bonds. The van der Waals surface area contributed by atoms with Crippen molar-refractivity contribution in [3.63, 3.8) is 0 Å². The van der Waals surface area contributed by atoms with Gasteiger partial charge in [-0.15, -0.1) is 0 Å². The van der Waals surface area contributed by atoms with Crippen molar-refractivity contribution >= 4 is 11.8 Å². The second-order valence-corrected chi connectivity index (χ2v) is 6.04. The summed E-state index contributed by atoms with van der Waals surface area (Å²) in [6, 6.07) is 0.503. The van der Waals surface area contributed by atoms with E-state index in [0.29, 0.717) is 12.1 Å². The first-order valence-electron chi connectivity index (χ1n) is 6.62. The summed E-state index contributed by atoms with van der Waals surface area (Å²) in [5.74, 6) is -1.97. The van der Waals surface area contributed by atoms with E-state index < -0.39 is 52.8 Å². The summed E-state index contributed by atoms with van der Waals surface area (Å²) in [4.78, 5) is 23.3. The van der Waals surface area contributed by atoms with Crippen LogP contribution in [0.4, 0.5) is 26.3 Å². The van der Waals surface area contributed by atoms with Crippen LogP contribution >= 0.6 is 0 Å². The lowest BCUT2D eigenvalue weighted by atomic mass is 9.97. The number of carbonyl (C=O) groups excluding carboxylic acids is 2. The molecular formula is C15H14F6O3. The van der Waals surface area contributed by atoms with E-state index in [2.05, 4.69) is 4.74 Å². The van der Waals surface area contributed by atoms with Gasteiger partial charge in [-0.3, -0.25) is 9.59 Å². The summed E-state index contributed by atoms with van der Waals surface area (Å²) in [6.45, 7) is 3.48. The van der Waals surface area contributed by atoms with Crippen molar-refractivity contribution in [2.75, 3.05) is 6.61 Å². The van der Waals surface area contributed by atoms with Crippen LogP contribution < -0.4 is 0 Å². The number of benzene rings is 1. The molecule has 1 rings (SSSR count). The third-order valence-corrected chi connectivity index (χ3v) is 2.86. The Balaban J connectivity index is 3.14. The van der Waals surface area contributed by atoms with Crippen molar-refractivity contribution in [2.24, 2.45) is 5.41 Å². The molecule has 0 aromatic heterocycles. The van der Waals surface area contributed by atoms with Gasteiger partial charge >= 0.3 is 18.3 Å². The van der Waals surface area contributed by atoms with Crippen LogP contribution in [0.5, 0.6) is 0 Å². The Morgan fingerprint density at radius 1 is 0.875 bits per heavy atom. The molecule has 134 valence electrons. The number of hydrogen-bond donors (Lipinski definition) is 0. The summed E-state index contributed by atoms with van der Waals surface area (Å²) in [5.41, 5.74) is -5.02. The SMILES string of the molecule is CC(C)(C)C(=O)OCC(=O)c1cc(C(F)(F)F)cc(C(F)(F)F)c1. The number of ketones is 1. The minimum absolute atomic E-state index is 0.0854. The number of esters is 1. The Morgan fingerprint density at radius 2 is 1.29 bits per heavy atom. The average Bonchev–Trinajstić information content (AvgIpc) is 2.40. The van der Waals surface area contributed by atoms with Gasteiger partial charge in [-0.05, 0) is 39.0 Å². The van der Waals surface area contributed by atoms with Crippen molar-refractivity contribution < 1.29 is 40.7 Å². The van der Waals surface area contributed by atoms with E-state index in [-0.39, 0.29) is 6.07 Å². The average molecular weight is 356 g/mol. The fourth-order valence-electron chi connectivity index (χ4n) is 1.55. The van der Waals surface area contributed by atoms with Crippen LogP contribution in [0.2, 0.25) is 0 Å². The molecule has 0 saturated carbocycles. The maximum atomic E-state index is 12.7. The van der Waals surface area contributed by atoms with Gasteiger partial charge in [-0.2, -0.15) is 26.3 Å². The Kier molecular flexibility index (Phi) is 5.37. The number of rotatable bonds is 3. The van der Waals surface area contributed by atoms with Crippen molar-refractivity contribution in [1.82, 2.24) is 0 Å². The summed E-state index contributed by atoms with van der Waals surface area (Å²) in [7, 11) is 0. The van der Waals surface area contributed by atoms with E-state index in [4.69, 9.17) is 0 Å². The molecule has 0 fully saturated rings. The summed E-state index contributed by atoms with van der Waals surface area (Å²) >= 11 is 0. The number of halogens is 6. The molecule has 0 spiro atoms. The fraction of sp³-hybridized carbons (Fsp3) is 0.467. The lowest BCUT2D eigenvalue weighted by molar-refractivity contribution is -0.151. The molecule has 1 aromatic carbocycles. The van der Waals surface area contributed by atoms with Crippen LogP contribution in [0.15, 0.2) is 18.2 Å². The number of carbonyl (C=O) groups is 2. The highest BCUT2D eigenvalue weighted by molar-refractivity contribution is 5.98. The molecule has 9 heteroatoms. The molecule has 1 aromatic rings. The van der Waals surface area contributed by atoms with Crippen LogP contribution in [-0.2, 0) is 21.9 Å². The van der Waals surface area contributed by atoms with Gasteiger partial charge in [0.1, 0.15) is 0 Å².